The Bertz CT molecular complexity index is 553. The number of aliphatic hydroxyl groups excluding tert-OH is 1. The second-order valence-corrected chi connectivity index (χ2v) is 6.84. The number of aliphatic hydroxyl groups is 1. The highest BCUT2D eigenvalue weighted by Gasteiger charge is 2.11. The molecule has 0 atom stereocenters. The van der Waals surface area contributed by atoms with E-state index in [4.69, 9.17) is 5.11 Å². The molecule has 0 aromatic carbocycles. The molecule has 0 unspecified atom stereocenters. The molecule has 1 heterocycles. The summed E-state index contributed by atoms with van der Waals surface area (Å²) in [6.07, 6.45) is 0.443. The van der Waals surface area contributed by atoms with E-state index in [0.717, 1.165) is 9.75 Å². The lowest BCUT2D eigenvalue weighted by molar-refractivity contribution is 0.305. The van der Waals surface area contributed by atoms with Gasteiger partial charge in [0.05, 0.1) is 11.5 Å². The van der Waals surface area contributed by atoms with Gasteiger partial charge in [0.25, 0.3) is 10.2 Å². The fourth-order valence-electron chi connectivity index (χ4n) is 1.26. The molecule has 5 nitrogen and oxygen atoms in total. The second-order valence-electron chi connectivity index (χ2n) is 4.14. The van der Waals surface area contributed by atoms with Crippen LogP contribution in [-0.4, -0.2) is 26.2 Å². The van der Waals surface area contributed by atoms with Crippen LogP contribution in [0.1, 0.15) is 30.0 Å². The Hall–Kier alpha value is -0.910. The van der Waals surface area contributed by atoms with Crippen LogP contribution in [0.3, 0.4) is 0 Å². The predicted molar refractivity (Wildman–Crippen MR) is 76.9 cm³/mol. The third-order valence-electron chi connectivity index (χ3n) is 1.94. The van der Waals surface area contributed by atoms with Crippen molar-refractivity contribution in [1.82, 2.24) is 9.44 Å². The van der Waals surface area contributed by atoms with Crippen LogP contribution in [0.2, 0.25) is 0 Å². The molecule has 0 aliphatic heterocycles. The second kappa shape index (κ2) is 7.62. The standard InChI is InChI=1S/C12H18N2O3S2/c1-10(2)14-19(16,17)13-9-12-7-6-11(18-12)5-3-4-8-15/h6-7,10,13-15H,4,8-9H2,1-2H3. The summed E-state index contributed by atoms with van der Waals surface area (Å²) in [5.74, 6) is 5.73. The van der Waals surface area contributed by atoms with Gasteiger partial charge in [-0.2, -0.15) is 17.9 Å². The van der Waals surface area contributed by atoms with Gasteiger partial charge in [-0.05, 0) is 26.0 Å². The third kappa shape index (κ3) is 6.71. The van der Waals surface area contributed by atoms with Gasteiger partial charge in [-0.25, -0.2) is 0 Å². The van der Waals surface area contributed by atoms with Crippen LogP contribution in [-0.2, 0) is 16.8 Å². The lowest BCUT2D eigenvalue weighted by atomic mass is 10.4. The molecule has 1 aromatic rings. The SMILES string of the molecule is CC(C)NS(=O)(=O)NCc1ccc(C#CCCO)s1. The molecule has 106 valence electrons. The van der Waals surface area contributed by atoms with Crippen LogP contribution >= 0.6 is 11.3 Å². The van der Waals surface area contributed by atoms with Crippen molar-refractivity contribution >= 4 is 21.5 Å². The zero-order valence-corrected chi connectivity index (χ0v) is 12.6. The summed E-state index contributed by atoms with van der Waals surface area (Å²) in [5, 5.41) is 8.61. The van der Waals surface area contributed by atoms with Crippen molar-refractivity contribution in [2.45, 2.75) is 32.9 Å². The summed E-state index contributed by atoms with van der Waals surface area (Å²) in [6.45, 7) is 3.82. The van der Waals surface area contributed by atoms with E-state index in [2.05, 4.69) is 21.3 Å². The van der Waals surface area contributed by atoms with Crippen molar-refractivity contribution < 1.29 is 13.5 Å². The molecule has 3 N–H and O–H groups in total. The van der Waals surface area contributed by atoms with Crippen molar-refractivity contribution in [2.24, 2.45) is 0 Å². The van der Waals surface area contributed by atoms with E-state index in [1.54, 1.807) is 13.8 Å². The van der Waals surface area contributed by atoms with Crippen molar-refractivity contribution in [3.8, 4) is 11.8 Å². The van der Waals surface area contributed by atoms with E-state index < -0.39 is 10.2 Å². The van der Waals surface area contributed by atoms with E-state index in [-0.39, 0.29) is 19.2 Å². The number of hydrogen-bond donors (Lipinski definition) is 3. The molecule has 0 fully saturated rings. The van der Waals surface area contributed by atoms with Crippen molar-refractivity contribution in [3.63, 3.8) is 0 Å². The maximum absolute atomic E-state index is 11.6. The molecule has 0 radical (unpaired) electrons. The highest BCUT2D eigenvalue weighted by atomic mass is 32.2. The van der Waals surface area contributed by atoms with Crippen LogP contribution < -0.4 is 9.44 Å². The Labute approximate surface area is 118 Å². The van der Waals surface area contributed by atoms with Gasteiger partial charge in [0.15, 0.2) is 0 Å². The molecule has 0 aliphatic rings. The van der Waals surface area contributed by atoms with E-state index in [9.17, 15) is 8.42 Å². The van der Waals surface area contributed by atoms with E-state index in [0.29, 0.717) is 6.42 Å². The summed E-state index contributed by atoms with van der Waals surface area (Å²) < 4.78 is 28.0. The zero-order chi connectivity index (χ0) is 14.3. The van der Waals surface area contributed by atoms with Gasteiger partial charge in [0, 0.05) is 23.9 Å². The first kappa shape index (κ1) is 16.1. The average Bonchev–Trinajstić information content (AvgIpc) is 2.73. The minimum Gasteiger partial charge on any atom is -0.395 e. The van der Waals surface area contributed by atoms with Crippen LogP contribution in [0.4, 0.5) is 0 Å². The highest BCUT2D eigenvalue weighted by molar-refractivity contribution is 7.87. The van der Waals surface area contributed by atoms with Crippen molar-refractivity contribution in [3.05, 3.63) is 21.9 Å². The molecule has 0 saturated carbocycles. The largest absolute Gasteiger partial charge is 0.395 e. The molecule has 1 aromatic heterocycles. The van der Waals surface area contributed by atoms with E-state index in [1.165, 1.54) is 11.3 Å². The molecule has 0 aliphatic carbocycles. The molecule has 0 bridgehead atoms. The number of thiophene rings is 1. The maximum atomic E-state index is 11.6. The third-order valence-corrected chi connectivity index (χ3v) is 4.24. The van der Waals surface area contributed by atoms with Crippen molar-refractivity contribution in [2.75, 3.05) is 6.61 Å². The first-order valence-electron chi connectivity index (χ1n) is 5.88. The molecule has 7 heteroatoms. The Kier molecular flexibility index (Phi) is 6.48. The minimum atomic E-state index is -3.45. The monoisotopic (exact) mass is 302 g/mol. The Morgan fingerprint density at radius 1 is 1.42 bits per heavy atom. The molecule has 0 amide bonds. The van der Waals surface area contributed by atoms with Gasteiger partial charge in [-0.15, -0.1) is 11.3 Å². The van der Waals surface area contributed by atoms with Crippen LogP contribution in [0.15, 0.2) is 12.1 Å². The Morgan fingerprint density at radius 2 is 2.16 bits per heavy atom. The van der Waals surface area contributed by atoms with Gasteiger partial charge >= 0.3 is 0 Å². The summed E-state index contributed by atoms with van der Waals surface area (Å²) in [6, 6.07) is 3.54. The molecular formula is C12H18N2O3S2. The average molecular weight is 302 g/mol. The smallest absolute Gasteiger partial charge is 0.277 e. The molecule has 0 spiro atoms. The molecular weight excluding hydrogens is 284 g/mol. The van der Waals surface area contributed by atoms with Crippen LogP contribution in [0.25, 0.3) is 0 Å². The first-order valence-corrected chi connectivity index (χ1v) is 8.18. The summed E-state index contributed by atoms with van der Waals surface area (Å²) in [7, 11) is -3.45. The van der Waals surface area contributed by atoms with Crippen molar-refractivity contribution in [1.29, 1.82) is 0 Å². The van der Waals surface area contributed by atoms with Gasteiger partial charge in [0.1, 0.15) is 0 Å². The van der Waals surface area contributed by atoms with E-state index >= 15 is 0 Å². The normalized spacial score (nSPS) is 11.4. The van der Waals surface area contributed by atoms with E-state index in [1.807, 2.05) is 12.1 Å². The number of hydrogen-bond acceptors (Lipinski definition) is 4. The number of rotatable bonds is 6. The van der Waals surface area contributed by atoms with Crippen LogP contribution in [0.5, 0.6) is 0 Å². The van der Waals surface area contributed by atoms with Crippen LogP contribution in [0, 0.1) is 11.8 Å². The Morgan fingerprint density at radius 3 is 2.79 bits per heavy atom. The topological polar surface area (TPSA) is 78.4 Å². The lowest BCUT2D eigenvalue weighted by Gasteiger charge is -2.09. The fraction of sp³-hybridized carbons (Fsp3) is 0.500. The maximum Gasteiger partial charge on any atom is 0.277 e. The summed E-state index contributed by atoms with van der Waals surface area (Å²) >= 11 is 1.43. The summed E-state index contributed by atoms with van der Waals surface area (Å²) in [5.41, 5.74) is 0. The number of nitrogens with one attached hydrogen (secondary N) is 2. The fourth-order valence-corrected chi connectivity index (χ4v) is 3.23. The molecule has 0 saturated heterocycles. The van der Waals surface area contributed by atoms with Gasteiger partial charge in [-0.3, -0.25) is 0 Å². The minimum absolute atomic E-state index is 0.0475. The van der Waals surface area contributed by atoms with Gasteiger partial charge in [-0.1, -0.05) is 11.8 Å². The summed E-state index contributed by atoms with van der Waals surface area (Å²) in [4.78, 5) is 1.75. The quantitative estimate of drug-likeness (QED) is 0.681. The first-order chi connectivity index (χ1) is 8.93. The molecule has 1 rings (SSSR count). The van der Waals surface area contributed by atoms with Gasteiger partial charge < -0.3 is 5.11 Å². The predicted octanol–water partition coefficient (Wildman–Crippen LogP) is 0.814. The van der Waals surface area contributed by atoms with Gasteiger partial charge in [0.2, 0.25) is 0 Å². The molecule has 19 heavy (non-hydrogen) atoms. The highest BCUT2D eigenvalue weighted by Crippen LogP contribution is 2.15. The zero-order valence-electron chi connectivity index (χ0n) is 10.9. The lowest BCUT2D eigenvalue weighted by Crippen LogP contribution is -2.39. The Balaban J connectivity index is 2.53.